The van der Waals surface area contributed by atoms with E-state index >= 15 is 0 Å². The van der Waals surface area contributed by atoms with E-state index in [0.29, 0.717) is 33.8 Å². The van der Waals surface area contributed by atoms with Gasteiger partial charge in [-0.15, -0.1) is 0 Å². The van der Waals surface area contributed by atoms with E-state index in [-0.39, 0.29) is 24.1 Å². The molecule has 33 heavy (non-hydrogen) atoms. The van der Waals surface area contributed by atoms with Gasteiger partial charge in [0.05, 0.1) is 23.3 Å². The molecular weight excluding hydrogens is 422 g/mol. The van der Waals surface area contributed by atoms with Gasteiger partial charge in [-0.25, -0.2) is 9.59 Å². The summed E-state index contributed by atoms with van der Waals surface area (Å²) in [5.74, 6) is -1.79. The van der Waals surface area contributed by atoms with Crippen LogP contribution in [0.25, 0.3) is 11.6 Å². The average molecular weight is 450 g/mol. The number of nitrogens with zero attached hydrogens (tertiary/aromatic N) is 1. The summed E-state index contributed by atoms with van der Waals surface area (Å²) in [4.78, 5) is 42.7. The molecule has 1 aromatic carbocycles. The van der Waals surface area contributed by atoms with Crippen molar-refractivity contribution >= 4 is 35.2 Å². The van der Waals surface area contributed by atoms with Crippen LogP contribution in [0.5, 0.6) is 0 Å². The maximum atomic E-state index is 12.9. The van der Waals surface area contributed by atoms with Gasteiger partial charge in [-0.05, 0) is 44.5 Å². The van der Waals surface area contributed by atoms with Crippen LogP contribution < -0.4 is 5.32 Å². The number of ether oxygens (including phenoxy) is 1. The molecular formula is C25H27N3O5. The number of H-pyrrole nitrogens is 1. The lowest BCUT2D eigenvalue weighted by Crippen LogP contribution is -2.27. The van der Waals surface area contributed by atoms with Crippen molar-refractivity contribution in [2.45, 2.75) is 33.2 Å². The molecule has 2 aliphatic heterocycles. The minimum absolute atomic E-state index is 0.0644. The molecule has 4 rings (SSSR count). The second kappa shape index (κ2) is 9.07. The van der Waals surface area contributed by atoms with Crippen LogP contribution in [0.4, 0.5) is 5.69 Å². The smallest absolute Gasteiger partial charge is 0.340 e. The van der Waals surface area contributed by atoms with Crippen LogP contribution in [0.3, 0.4) is 0 Å². The molecule has 0 saturated heterocycles. The number of nitrogens with one attached hydrogen (secondary N) is 2. The molecule has 0 spiro atoms. The van der Waals surface area contributed by atoms with E-state index in [1.54, 1.807) is 19.1 Å². The first-order chi connectivity index (χ1) is 15.8. The van der Waals surface area contributed by atoms with E-state index in [1.165, 1.54) is 12.1 Å². The van der Waals surface area contributed by atoms with Gasteiger partial charge in [0.15, 0.2) is 0 Å². The highest BCUT2D eigenvalue weighted by Gasteiger charge is 2.32. The van der Waals surface area contributed by atoms with E-state index in [0.717, 1.165) is 25.1 Å². The molecule has 1 aromatic heterocycles. The lowest BCUT2D eigenvalue weighted by Gasteiger charge is -2.27. The van der Waals surface area contributed by atoms with Crippen molar-refractivity contribution in [2.24, 2.45) is 0 Å². The van der Waals surface area contributed by atoms with Crippen LogP contribution >= 0.6 is 0 Å². The Morgan fingerprint density at radius 3 is 2.61 bits per heavy atom. The van der Waals surface area contributed by atoms with Gasteiger partial charge in [-0.2, -0.15) is 0 Å². The number of benzene rings is 1. The molecule has 0 radical (unpaired) electrons. The Balaban J connectivity index is 1.88. The highest BCUT2D eigenvalue weighted by molar-refractivity contribution is 6.35. The quantitative estimate of drug-likeness (QED) is 0.335. The normalized spacial score (nSPS) is 17.3. The number of rotatable bonds is 7. The monoisotopic (exact) mass is 449 g/mol. The summed E-state index contributed by atoms with van der Waals surface area (Å²) >= 11 is 0. The van der Waals surface area contributed by atoms with E-state index in [1.807, 2.05) is 6.92 Å². The molecule has 3 heterocycles. The second-order valence-electron chi connectivity index (χ2n) is 8.10. The van der Waals surface area contributed by atoms with Gasteiger partial charge >= 0.3 is 11.9 Å². The summed E-state index contributed by atoms with van der Waals surface area (Å²) in [7, 11) is 0. The van der Waals surface area contributed by atoms with Gasteiger partial charge in [0.2, 0.25) is 0 Å². The molecule has 172 valence electrons. The standard InChI is InChI=1S/C25H27N3O5/c1-4-20(28-10-6-7-11-28)22-19(26-14(3)21(22)25(32)33-5-2)13-17-16-12-15(24(30)31)8-9-18(16)27-23(17)29/h6-9,12-13,20,26H,4-5,10-11H2,1-3H3,(H,27,29)(H,30,31). The first kappa shape index (κ1) is 22.5. The van der Waals surface area contributed by atoms with Crippen LogP contribution in [-0.4, -0.2) is 52.5 Å². The van der Waals surface area contributed by atoms with Gasteiger partial charge in [-0.1, -0.05) is 19.1 Å². The minimum Gasteiger partial charge on any atom is -0.478 e. The molecule has 0 fully saturated rings. The minimum atomic E-state index is -1.06. The van der Waals surface area contributed by atoms with Crippen molar-refractivity contribution in [1.29, 1.82) is 0 Å². The number of aromatic amines is 1. The van der Waals surface area contributed by atoms with E-state index in [9.17, 15) is 19.5 Å². The van der Waals surface area contributed by atoms with Gasteiger partial charge in [0, 0.05) is 47.3 Å². The average Bonchev–Trinajstić information content (AvgIpc) is 3.48. The Labute approximate surface area is 191 Å². The highest BCUT2D eigenvalue weighted by atomic mass is 16.5. The van der Waals surface area contributed by atoms with E-state index < -0.39 is 11.9 Å². The number of carboxylic acids is 1. The first-order valence-electron chi connectivity index (χ1n) is 11.0. The zero-order valence-electron chi connectivity index (χ0n) is 18.9. The topological polar surface area (TPSA) is 112 Å². The summed E-state index contributed by atoms with van der Waals surface area (Å²) in [5, 5.41) is 12.2. The molecule has 2 aromatic rings. The number of carbonyl (C=O) groups is 3. The molecule has 1 unspecified atom stereocenters. The van der Waals surface area contributed by atoms with Crippen molar-refractivity contribution in [1.82, 2.24) is 9.88 Å². The first-order valence-corrected chi connectivity index (χ1v) is 11.0. The number of aromatic nitrogens is 1. The molecule has 3 N–H and O–H groups in total. The fraction of sp³-hybridized carbons (Fsp3) is 0.320. The fourth-order valence-electron chi connectivity index (χ4n) is 4.60. The number of anilines is 1. The zero-order valence-corrected chi connectivity index (χ0v) is 18.9. The summed E-state index contributed by atoms with van der Waals surface area (Å²) in [5.41, 5.74) is 4.11. The van der Waals surface area contributed by atoms with Crippen LogP contribution in [0.2, 0.25) is 0 Å². The van der Waals surface area contributed by atoms with Crippen LogP contribution in [0, 0.1) is 6.92 Å². The number of amides is 1. The summed E-state index contributed by atoms with van der Waals surface area (Å²) in [6.07, 6.45) is 6.66. The third-order valence-corrected chi connectivity index (χ3v) is 6.08. The maximum Gasteiger partial charge on any atom is 0.340 e. The maximum absolute atomic E-state index is 12.9. The third-order valence-electron chi connectivity index (χ3n) is 6.08. The van der Waals surface area contributed by atoms with Crippen molar-refractivity contribution in [2.75, 3.05) is 25.0 Å². The van der Waals surface area contributed by atoms with E-state index in [2.05, 4.69) is 34.3 Å². The number of hydrogen-bond acceptors (Lipinski definition) is 5. The number of carboxylic acid groups (broad SMARTS) is 1. The Morgan fingerprint density at radius 1 is 1.24 bits per heavy atom. The van der Waals surface area contributed by atoms with Crippen LogP contribution in [-0.2, 0) is 9.53 Å². The van der Waals surface area contributed by atoms with Crippen molar-refractivity contribution < 1.29 is 24.2 Å². The van der Waals surface area contributed by atoms with Crippen molar-refractivity contribution in [3.63, 3.8) is 0 Å². The Hall–Kier alpha value is -3.65. The van der Waals surface area contributed by atoms with Crippen molar-refractivity contribution in [3.05, 3.63) is 64.0 Å². The van der Waals surface area contributed by atoms with Gasteiger partial charge in [-0.3, -0.25) is 9.69 Å². The predicted octanol–water partition coefficient (Wildman–Crippen LogP) is 4.01. The van der Waals surface area contributed by atoms with Crippen LogP contribution in [0.15, 0.2) is 30.4 Å². The largest absolute Gasteiger partial charge is 0.478 e. The number of esters is 1. The molecule has 0 saturated carbocycles. The molecule has 1 amide bonds. The lowest BCUT2D eigenvalue weighted by molar-refractivity contribution is -0.110. The van der Waals surface area contributed by atoms with Crippen LogP contribution in [0.1, 0.15) is 69.5 Å². The van der Waals surface area contributed by atoms with Gasteiger partial charge in [0.1, 0.15) is 0 Å². The molecule has 8 heteroatoms. The second-order valence-corrected chi connectivity index (χ2v) is 8.10. The Kier molecular flexibility index (Phi) is 6.20. The van der Waals surface area contributed by atoms with E-state index in [4.69, 9.17) is 4.74 Å². The molecule has 0 bridgehead atoms. The van der Waals surface area contributed by atoms with Gasteiger partial charge in [0.25, 0.3) is 5.91 Å². The summed E-state index contributed by atoms with van der Waals surface area (Å²) < 4.78 is 5.35. The number of carbonyl (C=O) groups excluding carboxylic acids is 2. The number of hydrogen-bond donors (Lipinski definition) is 3. The summed E-state index contributed by atoms with van der Waals surface area (Å²) in [6.45, 7) is 7.45. The highest BCUT2D eigenvalue weighted by Crippen LogP contribution is 2.38. The predicted molar refractivity (Wildman–Crippen MR) is 125 cm³/mol. The molecule has 0 aliphatic carbocycles. The summed E-state index contributed by atoms with van der Waals surface area (Å²) in [6, 6.07) is 4.48. The number of aromatic carboxylic acids is 1. The van der Waals surface area contributed by atoms with Crippen molar-refractivity contribution in [3.8, 4) is 0 Å². The Morgan fingerprint density at radius 2 is 1.97 bits per heavy atom. The van der Waals surface area contributed by atoms with Gasteiger partial charge < -0.3 is 20.1 Å². The SMILES string of the molecule is CCOC(=O)c1c(C)[nH]c(C=C2C(=O)Nc3ccc(C(=O)O)cc32)c1C(CC)N1CC=CC1. The molecule has 1 atom stereocenters. The third kappa shape index (κ3) is 4.09. The molecule has 2 aliphatic rings. The number of fused-ring (bicyclic) bond motifs is 1. The lowest BCUT2D eigenvalue weighted by atomic mass is 9.95. The number of aryl methyl sites for hydroxylation is 1. The molecule has 8 nitrogen and oxygen atoms in total. The zero-order chi connectivity index (χ0) is 23.7. The fourth-order valence-corrected chi connectivity index (χ4v) is 4.60. The Bertz CT molecular complexity index is 1180.